The van der Waals surface area contributed by atoms with E-state index in [0.717, 1.165) is 16.8 Å². The second kappa shape index (κ2) is 5.05. The molecule has 0 unspecified atom stereocenters. The molecule has 0 spiro atoms. The van der Waals surface area contributed by atoms with Crippen molar-refractivity contribution < 1.29 is 9.18 Å². The first-order valence-corrected chi connectivity index (χ1v) is 6.00. The number of aromatic nitrogens is 2. The molecule has 4 nitrogen and oxygen atoms in total. The Kier molecular flexibility index (Phi) is 3.09. The summed E-state index contributed by atoms with van der Waals surface area (Å²) in [6.45, 7) is 0. The van der Waals surface area contributed by atoms with E-state index in [1.165, 1.54) is 12.3 Å². The lowest BCUT2D eigenvalue weighted by Gasteiger charge is -2.08. The lowest BCUT2D eigenvalue weighted by atomic mass is 10.1. The van der Waals surface area contributed by atoms with Crippen molar-refractivity contribution in [3.63, 3.8) is 0 Å². The number of nitrogens with zero attached hydrogens (tertiary/aromatic N) is 2. The van der Waals surface area contributed by atoms with E-state index < -0.39 is 5.95 Å². The molecule has 0 bridgehead atoms. The van der Waals surface area contributed by atoms with E-state index in [0.29, 0.717) is 11.3 Å². The van der Waals surface area contributed by atoms with Crippen LogP contribution in [0.15, 0.2) is 55.0 Å². The average molecular weight is 267 g/mol. The molecule has 2 heterocycles. The van der Waals surface area contributed by atoms with E-state index in [4.69, 9.17) is 0 Å². The van der Waals surface area contributed by atoms with Gasteiger partial charge in [-0.05, 0) is 29.7 Å². The number of hydrogen-bond acceptors (Lipinski definition) is 3. The maximum absolute atomic E-state index is 12.7. The zero-order valence-electron chi connectivity index (χ0n) is 10.4. The van der Waals surface area contributed by atoms with Crippen molar-refractivity contribution in [1.29, 1.82) is 0 Å². The van der Waals surface area contributed by atoms with Crippen LogP contribution in [0.25, 0.3) is 10.8 Å². The molecule has 1 aromatic carbocycles. The second-order valence-electron chi connectivity index (χ2n) is 4.23. The Morgan fingerprint density at radius 1 is 1.10 bits per heavy atom. The summed E-state index contributed by atoms with van der Waals surface area (Å²) in [7, 11) is 0. The van der Waals surface area contributed by atoms with E-state index in [1.807, 2.05) is 18.2 Å². The lowest BCUT2D eigenvalue weighted by Crippen LogP contribution is -2.12. The molecular weight excluding hydrogens is 257 g/mol. The van der Waals surface area contributed by atoms with Crippen LogP contribution in [0.4, 0.5) is 10.1 Å². The number of carbonyl (C=O) groups excluding carboxylic acids is 1. The van der Waals surface area contributed by atoms with Gasteiger partial charge in [-0.15, -0.1) is 0 Å². The summed E-state index contributed by atoms with van der Waals surface area (Å²) in [6, 6.07) is 9.98. The molecule has 98 valence electrons. The molecule has 1 N–H and O–H groups in total. The highest BCUT2D eigenvalue weighted by molar-refractivity contribution is 6.08. The van der Waals surface area contributed by atoms with Crippen LogP contribution in [0.3, 0.4) is 0 Å². The van der Waals surface area contributed by atoms with Crippen LogP contribution >= 0.6 is 0 Å². The molecular formula is C15H10FN3O. The van der Waals surface area contributed by atoms with Gasteiger partial charge >= 0.3 is 0 Å². The summed E-state index contributed by atoms with van der Waals surface area (Å²) in [5, 5.41) is 4.61. The minimum absolute atomic E-state index is 0.298. The van der Waals surface area contributed by atoms with Crippen LogP contribution < -0.4 is 5.32 Å². The maximum atomic E-state index is 12.7. The second-order valence-corrected chi connectivity index (χ2v) is 4.23. The van der Waals surface area contributed by atoms with E-state index in [9.17, 15) is 9.18 Å². The Balaban J connectivity index is 1.93. The number of nitrogens with one attached hydrogen (secondary N) is 1. The third-order valence-corrected chi connectivity index (χ3v) is 2.92. The van der Waals surface area contributed by atoms with Crippen molar-refractivity contribution in [2.24, 2.45) is 0 Å². The summed E-state index contributed by atoms with van der Waals surface area (Å²) in [5.41, 5.74) is 0.956. The minimum atomic E-state index is -0.615. The number of hydrogen-bond donors (Lipinski definition) is 1. The van der Waals surface area contributed by atoms with Gasteiger partial charge in [0.15, 0.2) is 0 Å². The molecule has 0 saturated carbocycles. The molecule has 0 aliphatic carbocycles. The van der Waals surface area contributed by atoms with Crippen molar-refractivity contribution in [2.45, 2.75) is 0 Å². The number of benzene rings is 1. The summed E-state index contributed by atoms with van der Waals surface area (Å²) in [6.07, 6.45) is 4.58. The fourth-order valence-corrected chi connectivity index (χ4v) is 1.93. The predicted molar refractivity (Wildman–Crippen MR) is 73.9 cm³/mol. The number of fused-ring (bicyclic) bond motifs is 1. The highest BCUT2D eigenvalue weighted by atomic mass is 19.1. The third kappa shape index (κ3) is 2.33. The van der Waals surface area contributed by atoms with Gasteiger partial charge in [0.1, 0.15) is 0 Å². The summed E-state index contributed by atoms with van der Waals surface area (Å²) in [5.74, 6) is -0.954. The summed E-state index contributed by atoms with van der Waals surface area (Å²) >= 11 is 0. The zero-order valence-corrected chi connectivity index (χ0v) is 10.4. The smallest absolute Gasteiger partial charge is 0.257 e. The Bertz CT molecular complexity index is 766. The van der Waals surface area contributed by atoms with Gasteiger partial charge in [-0.2, -0.15) is 4.39 Å². The molecule has 0 aliphatic heterocycles. The monoisotopic (exact) mass is 267 g/mol. The SMILES string of the molecule is O=C(Nc1cccc2ccncc12)c1ccc(F)nc1. The molecule has 2 aromatic heterocycles. The van der Waals surface area contributed by atoms with Crippen LogP contribution in [0.5, 0.6) is 0 Å². The van der Waals surface area contributed by atoms with E-state index in [1.54, 1.807) is 18.5 Å². The van der Waals surface area contributed by atoms with Crippen LogP contribution in [-0.2, 0) is 0 Å². The highest BCUT2D eigenvalue weighted by Gasteiger charge is 2.08. The number of carbonyl (C=O) groups is 1. The Morgan fingerprint density at radius 3 is 2.80 bits per heavy atom. The first-order valence-electron chi connectivity index (χ1n) is 6.00. The Labute approximate surface area is 114 Å². The molecule has 1 amide bonds. The molecule has 3 rings (SSSR count). The first kappa shape index (κ1) is 12.2. The molecule has 0 aliphatic rings. The fraction of sp³-hybridized carbons (Fsp3) is 0. The molecule has 0 atom stereocenters. The normalized spacial score (nSPS) is 10.4. The van der Waals surface area contributed by atoms with Crippen LogP contribution in [0.2, 0.25) is 0 Å². The Morgan fingerprint density at radius 2 is 2.00 bits per heavy atom. The number of amides is 1. The van der Waals surface area contributed by atoms with Crippen molar-refractivity contribution >= 4 is 22.4 Å². The van der Waals surface area contributed by atoms with E-state index >= 15 is 0 Å². The van der Waals surface area contributed by atoms with Gasteiger partial charge in [-0.1, -0.05) is 12.1 Å². The van der Waals surface area contributed by atoms with Gasteiger partial charge < -0.3 is 5.32 Å². The van der Waals surface area contributed by atoms with Crippen molar-refractivity contribution in [1.82, 2.24) is 9.97 Å². The van der Waals surface area contributed by atoms with Gasteiger partial charge in [-0.3, -0.25) is 9.78 Å². The van der Waals surface area contributed by atoms with E-state index in [2.05, 4.69) is 15.3 Å². The third-order valence-electron chi connectivity index (χ3n) is 2.92. The largest absolute Gasteiger partial charge is 0.321 e. The topological polar surface area (TPSA) is 54.9 Å². The fourth-order valence-electron chi connectivity index (χ4n) is 1.93. The maximum Gasteiger partial charge on any atom is 0.257 e. The lowest BCUT2D eigenvalue weighted by molar-refractivity contribution is 0.102. The van der Waals surface area contributed by atoms with Gasteiger partial charge in [-0.25, -0.2) is 4.98 Å². The molecule has 5 heteroatoms. The van der Waals surface area contributed by atoms with Crippen LogP contribution in [0.1, 0.15) is 10.4 Å². The molecule has 0 radical (unpaired) electrons. The number of pyridine rings is 2. The summed E-state index contributed by atoms with van der Waals surface area (Å²) in [4.78, 5) is 19.6. The average Bonchev–Trinajstić information content (AvgIpc) is 2.48. The van der Waals surface area contributed by atoms with Crippen LogP contribution in [-0.4, -0.2) is 15.9 Å². The first-order chi connectivity index (χ1) is 9.74. The standard InChI is InChI=1S/C15H10FN3O/c16-14-5-4-11(8-18-14)15(20)19-13-3-1-2-10-6-7-17-9-12(10)13/h1-9H,(H,19,20). The van der Waals surface area contributed by atoms with Gasteiger partial charge in [0.2, 0.25) is 5.95 Å². The van der Waals surface area contributed by atoms with Gasteiger partial charge in [0.25, 0.3) is 5.91 Å². The highest BCUT2D eigenvalue weighted by Crippen LogP contribution is 2.22. The zero-order chi connectivity index (χ0) is 13.9. The minimum Gasteiger partial charge on any atom is -0.321 e. The molecule has 20 heavy (non-hydrogen) atoms. The van der Waals surface area contributed by atoms with Gasteiger partial charge in [0.05, 0.1) is 11.3 Å². The number of anilines is 1. The molecule has 3 aromatic rings. The number of halogens is 1. The molecule has 0 saturated heterocycles. The quantitative estimate of drug-likeness (QED) is 0.726. The van der Waals surface area contributed by atoms with Crippen LogP contribution in [0, 0.1) is 5.95 Å². The predicted octanol–water partition coefficient (Wildman–Crippen LogP) is 3.02. The Hall–Kier alpha value is -2.82. The molecule has 0 fully saturated rings. The van der Waals surface area contributed by atoms with E-state index in [-0.39, 0.29) is 5.91 Å². The van der Waals surface area contributed by atoms with Crippen molar-refractivity contribution in [3.8, 4) is 0 Å². The van der Waals surface area contributed by atoms with Crippen molar-refractivity contribution in [3.05, 3.63) is 66.5 Å². The van der Waals surface area contributed by atoms with Gasteiger partial charge in [0, 0.05) is 24.0 Å². The number of rotatable bonds is 2. The van der Waals surface area contributed by atoms with Crippen molar-refractivity contribution in [2.75, 3.05) is 5.32 Å². The summed E-state index contributed by atoms with van der Waals surface area (Å²) < 4.78 is 12.7.